The maximum atomic E-state index is 12.3. The van der Waals surface area contributed by atoms with Crippen LogP contribution in [0.4, 0.5) is 5.82 Å². The van der Waals surface area contributed by atoms with Gasteiger partial charge in [0.2, 0.25) is 0 Å². The molecule has 1 saturated heterocycles. The molecule has 2 aromatic rings. The van der Waals surface area contributed by atoms with E-state index in [1.807, 2.05) is 24.6 Å². The van der Waals surface area contributed by atoms with Gasteiger partial charge in [0.25, 0.3) is 5.91 Å². The van der Waals surface area contributed by atoms with Crippen molar-refractivity contribution in [3.63, 3.8) is 0 Å². The third-order valence-electron chi connectivity index (χ3n) is 4.51. The van der Waals surface area contributed by atoms with Crippen LogP contribution < -0.4 is 10.2 Å². The van der Waals surface area contributed by atoms with Gasteiger partial charge in [-0.2, -0.15) is 0 Å². The van der Waals surface area contributed by atoms with Crippen molar-refractivity contribution >= 4 is 23.1 Å². The van der Waals surface area contributed by atoms with Crippen molar-refractivity contribution in [1.29, 1.82) is 0 Å². The maximum absolute atomic E-state index is 12.3. The molecule has 2 aromatic heterocycles. The number of anilines is 1. The largest absolute Gasteiger partial charge is 0.376 e. The highest BCUT2D eigenvalue weighted by molar-refractivity contribution is 7.09. The van der Waals surface area contributed by atoms with E-state index >= 15 is 0 Å². The van der Waals surface area contributed by atoms with Crippen molar-refractivity contribution in [1.82, 2.24) is 15.3 Å². The van der Waals surface area contributed by atoms with E-state index in [9.17, 15) is 4.79 Å². The number of hydrogen-bond acceptors (Lipinski definition) is 6. The maximum Gasteiger partial charge on any atom is 0.253 e. The summed E-state index contributed by atoms with van der Waals surface area (Å²) in [6, 6.07) is 3.70. The van der Waals surface area contributed by atoms with Gasteiger partial charge in [0.05, 0.1) is 23.9 Å². The number of pyridine rings is 1. The molecule has 26 heavy (non-hydrogen) atoms. The van der Waals surface area contributed by atoms with Crippen LogP contribution in [0.5, 0.6) is 0 Å². The van der Waals surface area contributed by atoms with Crippen molar-refractivity contribution < 1.29 is 9.53 Å². The van der Waals surface area contributed by atoms with E-state index in [0.29, 0.717) is 12.1 Å². The lowest BCUT2D eigenvalue weighted by molar-refractivity contribution is 0.0215. The quantitative estimate of drug-likeness (QED) is 0.807. The number of carbonyl (C=O) groups excluding carboxylic acids is 1. The molecule has 0 saturated carbocycles. The molecule has 0 aromatic carbocycles. The van der Waals surface area contributed by atoms with Crippen molar-refractivity contribution in [3.8, 4) is 0 Å². The minimum absolute atomic E-state index is 0.129. The molecular formula is C19H26N4O2S. The van der Waals surface area contributed by atoms with Gasteiger partial charge >= 0.3 is 0 Å². The van der Waals surface area contributed by atoms with Crippen LogP contribution in [0.25, 0.3) is 0 Å². The molecule has 6 nitrogen and oxygen atoms in total. The zero-order valence-electron chi connectivity index (χ0n) is 15.4. The van der Waals surface area contributed by atoms with Crippen LogP contribution in [-0.2, 0) is 17.7 Å². The first-order valence-corrected chi connectivity index (χ1v) is 10.0. The monoisotopic (exact) mass is 374 g/mol. The SMILES string of the molecule is CCc1csc(CNC(=O)c2ccc(N(C)C[C@H]3CCCCO3)nc2)n1. The fourth-order valence-electron chi connectivity index (χ4n) is 2.95. The number of likely N-dealkylation sites (N-methyl/N-ethyl adjacent to an activating group) is 1. The molecule has 0 bridgehead atoms. The molecule has 1 fully saturated rings. The Morgan fingerprint density at radius 2 is 2.31 bits per heavy atom. The van der Waals surface area contributed by atoms with Gasteiger partial charge in [-0.1, -0.05) is 6.92 Å². The number of rotatable bonds is 7. The van der Waals surface area contributed by atoms with Crippen molar-refractivity contribution in [2.45, 2.75) is 45.3 Å². The van der Waals surface area contributed by atoms with Crippen LogP contribution in [0.1, 0.15) is 47.2 Å². The Morgan fingerprint density at radius 3 is 2.96 bits per heavy atom. The lowest BCUT2D eigenvalue weighted by Crippen LogP contribution is -2.33. The average Bonchev–Trinajstić information content (AvgIpc) is 3.15. The molecule has 1 atom stereocenters. The summed E-state index contributed by atoms with van der Waals surface area (Å²) in [6.45, 7) is 4.19. The van der Waals surface area contributed by atoms with Gasteiger partial charge in [0.15, 0.2) is 0 Å². The molecule has 140 valence electrons. The molecule has 3 rings (SSSR count). The van der Waals surface area contributed by atoms with Crippen LogP contribution in [0.3, 0.4) is 0 Å². The molecule has 0 spiro atoms. The fourth-order valence-corrected chi connectivity index (χ4v) is 3.76. The minimum atomic E-state index is -0.129. The second-order valence-electron chi connectivity index (χ2n) is 6.54. The molecular weight excluding hydrogens is 348 g/mol. The number of thiazole rings is 1. The van der Waals surface area contributed by atoms with Crippen LogP contribution in [0.15, 0.2) is 23.7 Å². The van der Waals surface area contributed by atoms with E-state index in [-0.39, 0.29) is 12.0 Å². The predicted octanol–water partition coefficient (Wildman–Crippen LogP) is 3.04. The topological polar surface area (TPSA) is 67.4 Å². The third kappa shape index (κ3) is 5.02. The van der Waals surface area contributed by atoms with Crippen LogP contribution in [0.2, 0.25) is 0 Å². The van der Waals surface area contributed by atoms with Crippen molar-refractivity contribution in [2.24, 2.45) is 0 Å². The molecule has 3 heterocycles. The Hall–Kier alpha value is -1.99. The lowest BCUT2D eigenvalue weighted by atomic mass is 10.1. The van der Waals surface area contributed by atoms with E-state index in [1.54, 1.807) is 17.5 Å². The fraction of sp³-hybridized carbons (Fsp3) is 0.526. The summed E-state index contributed by atoms with van der Waals surface area (Å²) in [5, 5.41) is 5.86. The van der Waals surface area contributed by atoms with E-state index in [2.05, 4.69) is 27.1 Å². The Labute approximate surface area is 158 Å². The van der Waals surface area contributed by atoms with Gasteiger partial charge in [-0.25, -0.2) is 9.97 Å². The molecule has 0 unspecified atom stereocenters. The second kappa shape index (κ2) is 9.09. The Kier molecular flexibility index (Phi) is 6.57. The molecule has 1 aliphatic heterocycles. The van der Waals surface area contributed by atoms with Gasteiger partial charge in [-0.3, -0.25) is 4.79 Å². The number of aromatic nitrogens is 2. The summed E-state index contributed by atoms with van der Waals surface area (Å²) in [7, 11) is 2.01. The van der Waals surface area contributed by atoms with Gasteiger partial charge in [-0.05, 0) is 37.8 Å². The van der Waals surface area contributed by atoms with E-state index in [1.165, 1.54) is 6.42 Å². The smallest absolute Gasteiger partial charge is 0.253 e. The highest BCUT2D eigenvalue weighted by atomic mass is 32.1. The van der Waals surface area contributed by atoms with E-state index in [0.717, 1.165) is 48.9 Å². The second-order valence-corrected chi connectivity index (χ2v) is 7.49. The number of nitrogens with zero attached hydrogens (tertiary/aromatic N) is 3. The number of carbonyl (C=O) groups is 1. The first kappa shape index (κ1) is 18.8. The van der Waals surface area contributed by atoms with Gasteiger partial charge < -0.3 is 15.0 Å². The van der Waals surface area contributed by atoms with E-state index in [4.69, 9.17) is 4.74 Å². The molecule has 1 aliphatic rings. The first-order chi connectivity index (χ1) is 12.7. The molecule has 7 heteroatoms. The predicted molar refractivity (Wildman–Crippen MR) is 104 cm³/mol. The lowest BCUT2D eigenvalue weighted by Gasteiger charge is -2.28. The van der Waals surface area contributed by atoms with Crippen LogP contribution in [-0.4, -0.2) is 42.2 Å². The standard InChI is InChI=1S/C19H26N4O2S/c1-3-15-13-26-18(22-15)11-21-19(24)14-7-8-17(20-10-14)23(2)12-16-6-4-5-9-25-16/h7-8,10,13,16H,3-6,9,11-12H2,1-2H3,(H,21,24)/t16-/m1/s1. The summed E-state index contributed by atoms with van der Waals surface area (Å²) >= 11 is 1.57. The molecule has 1 amide bonds. The highest BCUT2D eigenvalue weighted by Crippen LogP contribution is 2.17. The third-order valence-corrected chi connectivity index (χ3v) is 5.41. The molecule has 1 N–H and O–H groups in total. The van der Waals surface area contributed by atoms with Gasteiger partial charge in [-0.15, -0.1) is 11.3 Å². The van der Waals surface area contributed by atoms with Crippen molar-refractivity contribution in [3.05, 3.63) is 40.0 Å². The summed E-state index contributed by atoms with van der Waals surface area (Å²) in [5.41, 5.74) is 1.62. The Bertz CT molecular complexity index is 711. The zero-order chi connectivity index (χ0) is 18.4. The highest BCUT2D eigenvalue weighted by Gasteiger charge is 2.17. The number of aryl methyl sites for hydroxylation is 1. The average molecular weight is 375 g/mol. The number of hydrogen-bond donors (Lipinski definition) is 1. The van der Waals surface area contributed by atoms with Gasteiger partial charge in [0, 0.05) is 31.8 Å². The summed E-state index contributed by atoms with van der Waals surface area (Å²) in [5.74, 6) is 0.721. The minimum Gasteiger partial charge on any atom is -0.376 e. The summed E-state index contributed by atoms with van der Waals surface area (Å²) < 4.78 is 5.78. The number of amides is 1. The van der Waals surface area contributed by atoms with Gasteiger partial charge in [0.1, 0.15) is 10.8 Å². The normalized spacial score (nSPS) is 17.1. The summed E-state index contributed by atoms with van der Waals surface area (Å²) in [6.07, 6.45) is 6.29. The summed E-state index contributed by atoms with van der Waals surface area (Å²) in [4.78, 5) is 23.3. The van der Waals surface area contributed by atoms with Crippen molar-refractivity contribution in [2.75, 3.05) is 25.1 Å². The van der Waals surface area contributed by atoms with Crippen LogP contribution in [0, 0.1) is 0 Å². The first-order valence-electron chi connectivity index (χ1n) is 9.16. The number of ether oxygens (including phenoxy) is 1. The zero-order valence-corrected chi connectivity index (χ0v) is 16.2. The number of nitrogens with one attached hydrogen (secondary N) is 1. The Morgan fingerprint density at radius 1 is 1.42 bits per heavy atom. The Balaban J connectivity index is 1.51. The molecule has 0 aliphatic carbocycles. The molecule has 0 radical (unpaired) electrons. The van der Waals surface area contributed by atoms with E-state index < -0.39 is 0 Å². The van der Waals surface area contributed by atoms with Crippen LogP contribution >= 0.6 is 11.3 Å².